The number of carbonyl (C=O) groups excluding carboxylic acids is 1. The molecule has 43 heavy (non-hydrogen) atoms. The summed E-state index contributed by atoms with van der Waals surface area (Å²) in [6.45, 7) is 12.6. The molecule has 2 heterocycles. The first kappa shape index (κ1) is 29.2. The zero-order chi connectivity index (χ0) is 30.3. The van der Waals surface area contributed by atoms with E-state index >= 15 is 0 Å². The molecule has 0 radical (unpaired) electrons. The second-order valence-corrected chi connectivity index (χ2v) is 13.1. The van der Waals surface area contributed by atoms with Gasteiger partial charge in [-0.15, -0.1) is 0 Å². The highest BCUT2D eigenvalue weighted by atomic mass is 35.5. The van der Waals surface area contributed by atoms with Gasteiger partial charge < -0.3 is 15.1 Å². The molecule has 0 unspecified atom stereocenters. The maximum absolute atomic E-state index is 13.9. The lowest BCUT2D eigenvalue weighted by molar-refractivity contribution is 0.139. The number of ether oxygens (including phenoxy) is 1. The van der Waals surface area contributed by atoms with Gasteiger partial charge in [-0.1, -0.05) is 87.0 Å². The second-order valence-electron chi connectivity index (χ2n) is 12.7. The van der Waals surface area contributed by atoms with Crippen LogP contribution in [-0.4, -0.2) is 60.0 Å². The highest BCUT2D eigenvalue weighted by molar-refractivity contribution is 6.35. The molecule has 1 amide bonds. The Bertz CT molecular complexity index is 1680. The third-order valence-corrected chi connectivity index (χ3v) is 8.56. The summed E-state index contributed by atoms with van der Waals surface area (Å²) in [5.74, 6) is 0.398. The first-order valence-electron chi connectivity index (χ1n) is 14.9. The van der Waals surface area contributed by atoms with Crippen LogP contribution in [0.3, 0.4) is 0 Å². The molecule has 2 aliphatic rings. The van der Waals surface area contributed by atoms with Crippen LogP contribution < -0.4 is 15.9 Å². The molecule has 1 aromatic heterocycles. The van der Waals surface area contributed by atoms with Crippen molar-refractivity contribution in [1.29, 1.82) is 0 Å². The Hall–Kier alpha value is -3.88. The molecule has 9 heteroatoms. The minimum absolute atomic E-state index is 0.0445. The Morgan fingerprint density at radius 1 is 0.977 bits per heavy atom. The van der Waals surface area contributed by atoms with E-state index in [2.05, 4.69) is 55.3 Å². The van der Waals surface area contributed by atoms with Crippen molar-refractivity contribution in [2.24, 2.45) is 5.41 Å². The average Bonchev–Trinajstić information content (AvgIpc) is 3.29. The van der Waals surface area contributed by atoms with Crippen LogP contribution >= 0.6 is 11.6 Å². The molecule has 1 fully saturated rings. The standard InChI is InChI=1S/C34H38ClN5O3/c1-22(36-33(42)43-20-27-25-12-7-5-10-23(25)24-11-6-8-13-26(24)27)31-37-29-15-9-14-28(35)30(29)32(41)40(31)39-18-16-38(17-19-39)21-34(2,3)4/h5-15,22,27H,16-21H2,1-4H3,(H,36,42)/t22-/m0/s1. The van der Waals surface area contributed by atoms with Crippen LogP contribution in [0.1, 0.15) is 56.6 Å². The molecule has 1 saturated heterocycles. The van der Waals surface area contributed by atoms with Crippen molar-refractivity contribution in [3.05, 3.63) is 99.1 Å². The summed E-state index contributed by atoms with van der Waals surface area (Å²) in [4.78, 5) is 34.4. The number of nitrogens with zero attached hydrogens (tertiary/aromatic N) is 4. The van der Waals surface area contributed by atoms with Gasteiger partial charge in [-0.05, 0) is 46.7 Å². The van der Waals surface area contributed by atoms with Crippen molar-refractivity contribution in [2.45, 2.75) is 39.7 Å². The Morgan fingerprint density at radius 3 is 2.23 bits per heavy atom. The number of hydrogen-bond donors (Lipinski definition) is 1. The van der Waals surface area contributed by atoms with Crippen molar-refractivity contribution < 1.29 is 9.53 Å². The molecule has 1 aliphatic carbocycles. The maximum atomic E-state index is 13.9. The fourth-order valence-electron chi connectivity index (χ4n) is 6.40. The minimum atomic E-state index is -0.598. The van der Waals surface area contributed by atoms with E-state index in [9.17, 15) is 9.59 Å². The minimum Gasteiger partial charge on any atom is -0.449 e. The molecular formula is C34H38ClN5O3. The van der Waals surface area contributed by atoms with Crippen molar-refractivity contribution in [3.8, 4) is 11.1 Å². The topological polar surface area (TPSA) is 79.7 Å². The molecule has 0 saturated carbocycles. The summed E-state index contributed by atoms with van der Waals surface area (Å²) in [5, 5.41) is 5.69. The molecule has 1 atom stereocenters. The fourth-order valence-corrected chi connectivity index (χ4v) is 6.65. The van der Waals surface area contributed by atoms with E-state index in [1.807, 2.05) is 36.2 Å². The average molecular weight is 600 g/mol. The lowest BCUT2D eigenvalue weighted by Crippen LogP contribution is -2.56. The Labute approximate surface area is 257 Å². The highest BCUT2D eigenvalue weighted by Crippen LogP contribution is 2.44. The van der Waals surface area contributed by atoms with Crippen LogP contribution in [0.2, 0.25) is 5.02 Å². The van der Waals surface area contributed by atoms with Crippen LogP contribution in [0.25, 0.3) is 22.0 Å². The summed E-state index contributed by atoms with van der Waals surface area (Å²) >= 11 is 6.49. The van der Waals surface area contributed by atoms with Gasteiger partial charge in [0.2, 0.25) is 0 Å². The van der Waals surface area contributed by atoms with Gasteiger partial charge in [0.1, 0.15) is 6.61 Å². The molecule has 1 aliphatic heterocycles. The summed E-state index contributed by atoms with van der Waals surface area (Å²) in [6.07, 6.45) is -0.559. The molecular weight excluding hydrogens is 562 g/mol. The molecule has 6 rings (SSSR count). The van der Waals surface area contributed by atoms with Gasteiger partial charge >= 0.3 is 6.09 Å². The van der Waals surface area contributed by atoms with Crippen molar-refractivity contribution in [3.63, 3.8) is 0 Å². The predicted molar refractivity (Wildman–Crippen MR) is 171 cm³/mol. The van der Waals surface area contributed by atoms with Crippen LogP contribution in [0, 0.1) is 5.41 Å². The van der Waals surface area contributed by atoms with Gasteiger partial charge in [0.05, 0.1) is 22.0 Å². The molecule has 3 aromatic carbocycles. The van der Waals surface area contributed by atoms with Gasteiger partial charge in [-0.2, -0.15) is 0 Å². The van der Waals surface area contributed by atoms with Crippen LogP contribution in [0.5, 0.6) is 0 Å². The van der Waals surface area contributed by atoms with Crippen molar-refractivity contribution in [2.75, 3.05) is 44.3 Å². The lowest BCUT2D eigenvalue weighted by Gasteiger charge is -2.40. The van der Waals surface area contributed by atoms with Gasteiger partial charge in [0, 0.05) is 38.6 Å². The first-order valence-corrected chi connectivity index (χ1v) is 15.3. The molecule has 0 spiro atoms. The predicted octanol–water partition coefficient (Wildman–Crippen LogP) is 5.95. The lowest BCUT2D eigenvalue weighted by atomic mass is 9.96. The van der Waals surface area contributed by atoms with E-state index < -0.39 is 12.1 Å². The Balaban J connectivity index is 1.23. The number of aromatic nitrogens is 2. The third-order valence-electron chi connectivity index (χ3n) is 8.24. The highest BCUT2D eigenvalue weighted by Gasteiger charge is 2.30. The van der Waals surface area contributed by atoms with Gasteiger partial charge in [0.15, 0.2) is 5.82 Å². The zero-order valence-corrected chi connectivity index (χ0v) is 25.9. The van der Waals surface area contributed by atoms with Crippen molar-refractivity contribution in [1.82, 2.24) is 19.9 Å². The largest absolute Gasteiger partial charge is 0.449 e. The number of carbonyl (C=O) groups is 1. The number of nitrogens with one attached hydrogen (secondary N) is 1. The van der Waals surface area contributed by atoms with E-state index in [-0.39, 0.29) is 23.5 Å². The maximum Gasteiger partial charge on any atom is 0.407 e. The smallest absolute Gasteiger partial charge is 0.407 e. The summed E-state index contributed by atoms with van der Waals surface area (Å²) in [7, 11) is 0. The van der Waals surface area contributed by atoms with E-state index in [1.54, 1.807) is 22.9 Å². The normalized spacial score (nSPS) is 16.2. The molecule has 8 nitrogen and oxygen atoms in total. The monoisotopic (exact) mass is 599 g/mol. The number of piperazine rings is 1. The molecule has 0 bridgehead atoms. The number of rotatable bonds is 6. The number of benzene rings is 3. The van der Waals surface area contributed by atoms with E-state index in [0.717, 1.165) is 30.8 Å². The summed E-state index contributed by atoms with van der Waals surface area (Å²) < 4.78 is 7.42. The number of amides is 1. The van der Waals surface area contributed by atoms with E-state index in [4.69, 9.17) is 21.3 Å². The molecule has 4 aromatic rings. The van der Waals surface area contributed by atoms with Gasteiger partial charge in [-0.25, -0.2) is 14.5 Å². The number of fused-ring (bicyclic) bond motifs is 4. The van der Waals surface area contributed by atoms with Gasteiger partial charge in [0.25, 0.3) is 5.56 Å². The first-order chi connectivity index (χ1) is 20.6. The number of hydrogen-bond acceptors (Lipinski definition) is 6. The van der Waals surface area contributed by atoms with Crippen molar-refractivity contribution >= 4 is 28.6 Å². The number of alkyl carbamates (subject to hydrolysis) is 1. The molecule has 1 N–H and O–H groups in total. The third kappa shape index (κ3) is 5.86. The van der Waals surface area contributed by atoms with E-state index in [1.165, 1.54) is 11.1 Å². The van der Waals surface area contributed by atoms with Crippen LogP contribution in [-0.2, 0) is 4.74 Å². The Kier molecular flexibility index (Phi) is 7.92. The Morgan fingerprint density at radius 2 is 1.60 bits per heavy atom. The van der Waals surface area contributed by atoms with Crippen LogP contribution in [0.4, 0.5) is 4.79 Å². The zero-order valence-electron chi connectivity index (χ0n) is 25.1. The fraction of sp³-hybridized carbons (Fsp3) is 0.382. The summed E-state index contributed by atoms with van der Waals surface area (Å²) in [5.41, 5.74) is 5.09. The quantitative estimate of drug-likeness (QED) is 0.295. The SMILES string of the molecule is C[C@H](NC(=O)OCC1c2ccccc2-c2ccccc21)c1nc2cccc(Cl)c2c(=O)n1N1CCN(CC(C)(C)C)CC1. The number of halogens is 1. The van der Waals surface area contributed by atoms with E-state index in [0.29, 0.717) is 34.8 Å². The van der Waals surface area contributed by atoms with Crippen LogP contribution in [0.15, 0.2) is 71.5 Å². The summed E-state index contributed by atoms with van der Waals surface area (Å²) in [6, 6.07) is 21.1. The second kappa shape index (κ2) is 11.7. The van der Waals surface area contributed by atoms with Gasteiger partial charge in [-0.3, -0.25) is 9.69 Å². The molecule has 224 valence electrons.